The maximum atomic E-state index is 12.8. The third-order valence-electron chi connectivity index (χ3n) is 11.1. The number of hydrogen-bond acceptors (Lipinski definition) is 6. The van der Waals surface area contributed by atoms with Crippen molar-refractivity contribution < 1.29 is 37.3 Å². The molecule has 0 saturated carbocycles. The summed E-state index contributed by atoms with van der Waals surface area (Å²) in [5.41, 5.74) is 0. The minimum atomic E-state index is -4.29. The van der Waals surface area contributed by atoms with Gasteiger partial charge in [0.05, 0.1) is 34.4 Å². The van der Waals surface area contributed by atoms with Crippen LogP contribution >= 0.6 is 7.82 Å². The monoisotopic (exact) mass is 907 g/mol. The predicted octanol–water partition coefficient (Wildman–Crippen LogP) is 16.1. The fourth-order valence-corrected chi connectivity index (χ4v) is 7.81. The Balaban J connectivity index is 4.16. The lowest BCUT2D eigenvalue weighted by molar-refractivity contribution is -0.870. The first-order valence-corrected chi connectivity index (χ1v) is 27.5. The molecule has 0 aliphatic heterocycles. The molecule has 2 atom stereocenters. The number of esters is 1. The lowest BCUT2D eigenvalue weighted by Crippen LogP contribution is -2.37. The van der Waals surface area contributed by atoms with Crippen molar-refractivity contribution in [2.45, 2.75) is 225 Å². The Hall–Kier alpha value is -1.80. The van der Waals surface area contributed by atoms with Gasteiger partial charge in [0.15, 0.2) is 0 Å². The predicted molar refractivity (Wildman–Crippen MR) is 270 cm³/mol. The molecule has 63 heavy (non-hydrogen) atoms. The number of phosphoric ester groups is 1. The maximum Gasteiger partial charge on any atom is 0.472 e. The lowest BCUT2D eigenvalue weighted by Gasteiger charge is -2.24. The summed E-state index contributed by atoms with van der Waals surface area (Å²) in [5.74, 6) is -0.320. The SMILES string of the molecule is CC/C=C\C/C=C\C/C=C\C/C=C\CCCCCCCCCOCC(COP(=O)(O)OCC[N+](C)(C)C)OC(=O)CCCCCCCCCCC/C=C\CCCCCCCCCC. The van der Waals surface area contributed by atoms with Crippen LogP contribution in [0.4, 0.5) is 0 Å². The molecule has 8 nitrogen and oxygen atoms in total. The number of hydrogen-bond donors (Lipinski definition) is 1. The summed E-state index contributed by atoms with van der Waals surface area (Å²) in [6, 6.07) is 0. The number of unbranched alkanes of at least 4 members (excludes halogenated alkanes) is 24. The second kappa shape index (κ2) is 46.7. The fourth-order valence-electron chi connectivity index (χ4n) is 7.07. The molecule has 0 aromatic heterocycles. The van der Waals surface area contributed by atoms with Gasteiger partial charge in [-0.05, 0) is 77.0 Å². The van der Waals surface area contributed by atoms with Crippen molar-refractivity contribution >= 4 is 13.8 Å². The Morgan fingerprint density at radius 3 is 1.40 bits per heavy atom. The number of carbonyl (C=O) groups excluding carboxylic acids is 1. The molecule has 0 heterocycles. The van der Waals surface area contributed by atoms with E-state index in [2.05, 4.69) is 74.6 Å². The van der Waals surface area contributed by atoms with Gasteiger partial charge in [-0.1, -0.05) is 197 Å². The highest BCUT2D eigenvalue weighted by Crippen LogP contribution is 2.43. The van der Waals surface area contributed by atoms with E-state index in [0.717, 1.165) is 64.2 Å². The van der Waals surface area contributed by atoms with Gasteiger partial charge in [-0.15, -0.1) is 0 Å². The van der Waals surface area contributed by atoms with Crippen LogP contribution in [0.1, 0.15) is 219 Å². The van der Waals surface area contributed by atoms with E-state index in [1.54, 1.807) is 0 Å². The average molecular weight is 907 g/mol. The Morgan fingerprint density at radius 1 is 0.508 bits per heavy atom. The Morgan fingerprint density at radius 2 is 0.921 bits per heavy atom. The number of likely N-dealkylation sites (N-methyl/N-ethyl adjacent to an activating group) is 1. The van der Waals surface area contributed by atoms with Gasteiger partial charge in [0.25, 0.3) is 0 Å². The van der Waals surface area contributed by atoms with Gasteiger partial charge in [-0.25, -0.2) is 4.57 Å². The van der Waals surface area contributed by atoms with Crippen molar-refractivity contribution in [1.29, 1.82) is 0 Å². The van der Waals surface area contributed by atoms with Crippen LogP contribution in [-0.2, 0) is 27.9 Å². The molecule has 0 amide bonds. The van der Waals surface area contributed by atoms with E-state index in [0.29, 0.717) is 24.1 Å². The maximum absolute atomic E-state index is 12.8. The summed E-state index contributed by atoms with van der Waals surface area (Å²) in [6.45, 7) is 5.50. The molecule has 0 aromatic rings. The molecule has 0 spiro atoms. The van der Waals surface area contributed by atoms with Gasteiger partial charge in [-0.3, -0.25) is 13.8 Å². The van der Waals surface area contributed by atoms with Crippen LogP contribution in [-0.4, -0.2) is 75.6 Å². The van der Waals surface area contributed by atoms with Crippen LogP contribution < -0.4 is 0 Å². The molecule has 0 aromatic carbocycles. The second-order valence-corrected chi connectivity index (χ2v) is 20.0. The molecular formula is C54H101NO7P+. The highest BCUT2D eigenvalue weighted by Gasteiger charge is 2.26. The highest BCUT2D eigenvalue weighted by molar-refractivity contribution is 7.47. The van der Waals surface area contributed by atoms with Crippen LogP contribution in [0.5, 0.6) is 0 Å². The first kappa shape index (κ1) is 61.2. The third kappa shape index (κ3) is 51.1. The van der Waals surface area contributed by atoms with Crippen LogP contribution in [0.3, 0.4) is 0 Å². The molecule has 0 fully saturated rings. The minimum Gasteiger partial charge on any atom is -0.457 e. The molecule has 0 rings (SSSR count). The van der Waals surface area contributed by atoms with Crippen molar-refractivity contribution in [2.75, 3.05) is 54.1 Å². The van der Waals surface area contributed by atoms with Gasteiger partial charge < -0.3 is 18.9 Å². The number of rotatable bonds is 48. The minimum absolute atomic E-state index is 0.0839. The summed E-state index contributed by atoms with van der Waals surface area (Å²) in [4.78, 5) is 23.0. The molecule has 0 aliphatic carbocycles. The molecule has 0 radical (unpaired) electrons. The zero-order valence-electron chi connectivity index (χ0n) is 41.8. The molecule has 0 saturated heterocycles. The van der Waals surface area contributed by atoms with Gasteiger partial charge in [0.1, 0.15) is 19.3 Å². The van der Waals surface area contributed by atoms with Gasteiger partial charge in [-0.2, -0.15) is 0 Å². The normalized spacial score (nSPS) is 14.1. The largest absolute Gasteiger partial charge is 0.472 e. The Bertz CT molecular complexity index is 1190. The van der Waals surface area contributed by atoms with E-state index >= 15 is 0 Å². The molecule has 0 aliphatic rings. The van der Waals surface area contributed by atoms with Gasteiger partial charge in [0, 0.05) is 13.0 Å². The van der Waals surface area contributed by atoms with Gasteiger partial charge >= 0.3 is 13.8 Å². The van der Waals surface area contributed by atoms with E-state index in [4.69, 9.17) is 18.5 Å². The van der Waals surface area contributed by atoms with Crippen LogP contribution in [0, 0.1) is 0 Å². The van der Waals surface area contributed by atoms with E-state index in [1.165, 1.54) is 135 Å². The first-order chi connectivity index (χ1) is 30.6. The zero-order chi connectivity index (χ0) is 46.2. The molecular weight excluding hydrogens is 806 g/mol. The number of phosphoric acid groups is 1. The number of ether oxygens (including phenoxy) is 2. The van der Waals surface area contributed by atoms with Crippen molar-refractivity contribution in [1.82, 2.24) is 0 Å². The Kier molecular flexibility index (Phi) is 45.4. The standard InChI is InChI=1S/C54H100NO7P/c1-6-8-10-12-14-16-18-20-22-24-26-28-29-31-33-35-37-39-41-43-45-47-54(56)62-53(52-61-63(57,58)60-50-48-55(3,4)5)51-59-49-46-44-42-40-38-36-34-32-30-27-25-23-21-19-17-15-13-11-9-7-2/h9,11,15,17,21,23-24,26-27,30,53H,6-8,10,12-14,16,18-20,22,25,28-29,31-52H2,1-5H3/p+1/b11-9-,17-15-,23-21-,26-24-,30-27-. The van der Waals surface area contributed by atoms with Crippen molar-refractivity contribution in [2.24, 2.45) is 0 Å². The topological polar surface area (TPSA) is 91.3 Å². The molecule has 0 bridgehead atoms. The molecule has 1 N–H and O–H groups in total. The first-order valence-electron chi connectivity index (χ1n) is 26.0. The third-order valence-corrected chi connectivity index (χ3v) is 12.0. The summed E-state index contributed by atoms with van der Waals surface area (Å²) >= 11 is 0. The van der Waals surface area contributed by atoms with Crippen LogP contribution in [0.2, 0.25) is 0 Å². The van der Waals surface area contributed by atoms with Crippen molar-refractivity contribution in [3.8, 4) is 0 Å². The van der Waals surface area contributed by atoms with E-state index < -0.39 is 13.9 Å². The van der Waals surface area contributed by atoms with Crippen LogP contribution in [0.15, 0.2) is 60.8 Å². The second-order valence-electron chi connectivity index (χ2n) is 18.5. The van der Waals surface area contributed by atoms with Gasteiger partial charge in [0.2, 0.25) is 0 Å². The zero-order valence-corrected chi connectivity index (χ0v) is 42.7. The van der Waals surface area contributed by atoms with E-state index in [9.17, 15) is 14.3 Å². The molecule has 9 heteroatoms. The van der Waals surface area contributed by atoms with Crippen molar-refractivity contribution in [3.05, 3.63) is 60.8 Å². The molecule has 368 valence electrons. The fraction of sp³-hybridized carbons (Fsp3) is 0.796. The Labute approximate surface area is 390 Å². The van der Waals surface area contributed by atoms with Crippen LogP contribution in [0.25, 0.3) is 0 Å². The summed E-state index contributed by atoms with van der Waals surface area (Å²) in [5, 5.41) is 0. The summed E-state index contributed by atoms with van der Waals surface area (Å²) < 4.78 is 35.2. The number of nitrogens with zero attached hydrogens (tertiary/aromatic N) is 1. The van der Waals surface area contributed by atoms with Crippen molar-refractivity contribution in [3.63, 3.8) is 0 Å². The molecule has 2 unspecified atom stereocenters. The number of carbonyl (C=O) groups is 1. The smallest absolute Gasteiger partial charge is 0.457 e. The summed E-state index contributed by atoms with van der Waals surface area (Å²) in [7, 11) is 1.66. The average Bonchev–Trinajstić information content (AvgIpc) is 3.24. The quantitative estimate of drug-likeness (QED) is 0.0214. The highest BCUT2D eigenvalue weighted by atomic mass is 31.2. The summed E-state index contributed by atoms with van der Waals surface area (Å²) in [6.07, 6.45) is 59.8. The lowest BCUT2D eigenvalue weighted by atomic mass is 10.1. The van der Waals surface area contributed by atoms with E-state index in [1.807, 2.05) is 21.1 Å². The number of allylic oxidation sites excluding steroid dienone is 10. The van der Waals surface area contributed by atoms with E-state index in [-0.39, 0.29) is 25.8 Å². The number of quaternary nitrogens is 1.